The van der Waals surface area contributed by atoms with Crippen LogP contribution in [-0.4, -0.2) is 48.8 Å². The molecule has 1 aliphatic heterocycles. The summed E-state index contributed by atoms with van der Waals surface area (Å²) in [6, 6.07) is 9.39. The Labute approximate surface area is 160 Å². The minimum atomic E-state index is -2.80. The van der Waals surface area contributed by atoms with Crippen molar-refractivity contribution in [3.8, 4) is 0 Å². The van der Waals surface area contributed by atoms with E-state index in [9.17, 15) is 9.36 Å². The number of hydrogen-bond donors (Lipinski definition) is 2. The van der Waals surface area contributed by atoms with Gasteiger partial charge in [0.2, 0.25) is 0 Å². The standard InChI is InChI=1S/C19H33N2O3PS/c1-19(2,3)15-24-25(23,26(4)5)21-13-11-17(12-14-21)20-18(22)16-9-7-6-8-10-16/h6-10,17,26H,11-15H2,1-5H3,(H,20,22). The molecule has 0 saturated carbocycles. The molecular formula is C19H33N2O3PS. The molecule has 1 amide bonds. The molecule has 148 valence electrons. The zero-order valence-electron chi connectivity index (χ0n) is 16.6. The molecule has 0 aliphatic carbocycles. The Morgan fingerprint density at radius 3 is 2.31 bits per heavy atom. The number of piperidine rings is 1. The van der Waals surface area contributed by atoms with Crippen LogP contribution in [0.1, 0.15) is 44.0 Å². The zero-order valence-corrected chi connectivity index (χ0v) is 18.4. The van der Waals surface area contributed by atoms with Crippen molar-refractivity contribution in [3.05, 3.63) is 35.9 Å². The summed E-state index contributed by atoms with van der Waals surface area (Å²) >= 11 is 0. The third kappa shape index (κ3) is 5.85. The van der Waals surface area contributed by atoms with E-state index in [0.29, 0.717) is 25.3 Å². The highest BCUT2D eigenvalue weighted by Gasteiger charge is 2.37. The van der Waals surface area contributed by atoms with E-state index >= 15 is 0 Å². The second-order valence-corrected chi connectivity index (χ2v) is 15.7. The number of rotatable bonds is 6. The molecule has 1 aromatic carbocycles. The van der Waals surface area contributed by atoms with Crippen LogP contribution >= 0.6 is 17.2 Å². The zero-order chi connectivity index (χ0) is 19.4. The highest BCUT2D eigenvalue weighted by molar-refractivity contribution is 8.65. The van der Waals surface area contributed by atoms with Gasteiger partial charge in [-0.15, -0.1) is 0 Å². The van der Waals surface area contributed by atoms with Crippen molar-refractivity contribution in [2.24, 2.45) is 5.41 Å². The first kappa shape index (κ1) is 21.5. The van der Waals surface area contributed by atoms with E-state index < -0.39 is 17.2 Å². The lowest BCUT2D eigenvalue weighted by molar-refractivity contribution is 0.0921. The van der Waals surface area contributed by atoms with Crippen molar-refractivity contribution >= 4 is 23.1 Å². The van der Waals surface area contributed by atoms with Crippen LogP contribution in [-0.2, 0) is 9.09 Å². The fourth-order valence-electron chi connectivity index (χ4n) is 2.85. The fraction of sp³-hybridized carbons (Fsp3) is 0.632. The van der Waals surface area contributed by atoms with E-state index in [1.165, 1.54) is 0 Å². The fourth-order valence-corrected chi connectivity index (χ4v) is 7.96. The average Bonchev–Trinajstić information content (AvgIpc) is 2.60. The van der Waals surface area contributed by atoms with Crippen molar-refractivity contribution in [1.29, 1.82) is 0 Å². The molecule has 0 radical (unpaired) electrons. The minimum Gasteiger partial charge on any atom is -0.349 e. The van der Waals surface area contributed by atoms with E-state index in [2.05, 4.69) is 26.1 Å². The second kappa shape index (κ2) is 8.92. The van der Waals surface area contributed by atoms with Crippen LogP contribution in [0.15, 0.2) is 30.3 Å². The first-order chi connectivity index (χ1) is 12.1. The Hall–Kier alpha value is -0.810. The van der Waals surface area contributed by atoms with E-state index in [1.807, 2.05) is 47.5 Å². The number of nitrogens with one attached hydrogen (secondary N) is 1. The number of carbonyl (C=O) groups excluding carboxylic acids is 1. The third-order valence-electron chi connectivity index (χ3n) is 4.37. The maximum Gasteiger partial charge on any atom is 0.309 e. The quantitative estimate of drug-likeness (QED) is 0.552. The molecule has 2 rings (SSSR count). The van der Waals surface area contributed by atoms with Gasteiger partial charge in [0.05, 0.1) is 6.61 Å². The largest absolute Gasteiger partial charge is 0.349 e. The minimum absolute atomic E-state index is 0.0109. The Bertz CT molecular complexity index is 638. The maximum absolute atomic E-state index is 13.5. The first-order valence-corrected chi connectivity index (χ1v) is 13.7. The van der Waals surface area contributed by atoms with E-state index in [1.54, 1.807) is 0 Å². The molecule has 1 aromatic rings. The number of amides is 1. The van der Waals surface area contributed by atoms with Crippen LogP contribution < -0.4 is 5.32 Å². The SMILES string of the molecule is C[SH](C)P(=O)(OCC(C)(C)C)N1CCC(NC(=O)c2ccccc2)CC1. The maximum atomic E-state index is 13.5. The van der Waals surface area contributed by atoms with Crippen molar-refractivity contribution in [3.63, 3.8) is 0 Å². The second-order valence-electron chi connectivity index (χ2n) is 8.24. The van der Waals surface area contributed by atoms with Gasteiger partial charge in [-0.25, -0.2) is 4.67 Å². The molecule has 0 aromatic heterocycles. The molecule has 0 bridgehead atoms. The van der Waals surface area contributed by atoms with Gasteiger partial charge in [0.25, 0.3) is 5.91 Å². The molecule has 1 aliphatic rings. The molecule has 7 heteroatoms. The predicted octanol–water partition coefficient (Wildman–Crippen LogP) is 4.31. The van der Waals surface area contributed by atoms with Gasteiger partial charge in [0, 0.05) is 24.7 Å². The number of benzene rings is 1. The van der Waals surface area contributed by atoms with Crippen molar-refractivity contribution in [2.75, 3.05) is 32.2 Å². The normalized spacial score (nSPS) is 19.7. The highest BCUT2D eigenvalue weighted by Crippen LogP contribution is 2.69. The van der Waals surface area contributed by atoms with Gasteiger partial charge in [-0.1, -0.05) is 39.0 Å². The summed E-state index contributed by atoms with van der Waals surface area (Å²) in [5.41, 5.74) is 0.669. The molecule has 26 heavy (non-hydrogen) atoms. The first-order valence-electron chi connectivity index (χ1n) is 9.15. The molecule has 1 unspecified atom stereocenters. The monoisotopic (exact) mass is 400 g/mol. The molecule has 1 fully saturated rings. The summed E-state index contributed by atoms with van der Waals surface area (Å²) in [6.07, 6.45) is 5.65. The van der Waals surface area contributed by atoms with Crippen LogP contribution in [0.5, 0.6) is 0 Å². The summed E-state index contributed by atoms with van der Waals surface area (Å²) in [7, 11) is -0.717. The van der Waals surface area contributed by atoms with Crippen molar-refractivity contribution < 1.29 is 13.9 Å². The van der Waals surface area contributed by atoms with Gasteiger partial charge in [0.1, 0.15) is 0 Å². The number of thiol groups is 1. The summed E-state index contributed by atoms with van der Waals surface area (Å²) in [4.78, 5) is 12.3. The number of carbonyl (C=O) groups is 1. The average molecular weight is 401 g/mol. The van der Waals surface area contributed by atoms with Crippen LogP contribution in [0.4, 0.5) is 0 Å². The van der Waals surface area contributed by atoms with Gasteiger partial charge >= 0.3 is 6.72 Å². The molecule has 1 saturated heterocycles. The molecule has 1 heterocycles. The summed E-state index contributed by atoms with van der Waals surface area (Å²) in [6.45, 7) is 5.37. The lowest BCUT2D eigenvalue weighted by Crippen LogP contribution is -2.43. The Morgan fingerprint density at radius 2 is 1.81 bits per heavy atom. The van der Waals surface area contributed by atoms with E-state index in [0.717, 1.165) is 12.8 Å². The molecule has 1 N–H and O–H groups in total. The molecule has 1 atom stereocenters. The van der Waals surface area contributed by atoms with Gasteiger partial charge in [-0.2, -0.15) is 10.5 Å². The van der Waals surface area contributed by atoms with Crippen molar-refractivity contribution in [1.82, 2.24) is 9.99 Å². The Balaban J connectivity index is 1.93. The highest BCUT2D eigenvalue weighted by atomic mass is 32.8. The van der Waals surface area contributed by atoms with Crippen LogP contribution in [0.3, 0.4) is 0 Å². The Morgan fingerprint density at radius 1 is 1.23 bits per heavy atom. The summed E-state index contributed by atoms with van der Waals surface area (Å²) in [5.74, 6) is -0.0375. The molecule has 5 nitrogen and oxygen atoms in total. The summed E-state index contributed by atoms with van der Waals surface area (Å²) in [5, 5.41) is 3.10. The third-order valence-corrected chi connectivity index (χ3v) is 11.1. The van der Waals surface area contributed by atoms with Crippen LogP contribution in [0.25, 0.3) is 0 Å². The number of hydrogen-bond acceptors (Lipinski definition) is 3. The van der Waals surface area contributed by atoms with Gasteiger partial charge in [0.15, 0.2) is 0 Å². The lowest BCUT2D eigenvalue weighted by atomic mass is 9.99. The van der Waals surface area contributed by atoms with Crippen molar-refractivity contribution in [2.45, 2.75) is 39.7 Å². The van der Waals surface area contributed by atoms with Gasteiger partial charge < -0.3 is 9.84 Å². The van der Waals surface area contributed by atoms with Crippen LogP contribution in [0.2, 0.25) is 0 Å². The smallest absolute Gasteiger partial charge is 0.309 e. The molecular weight excluding hydrogens is 367 g/mol. The predicted molar refractivity (Wildman–Crippen MR) is 112 cm³/mol. The van der Waals surface area contributed by atoms with E-state index in [-0.39, 0.29) is 17.4 Å². The lowest BCUT2D eigenvalue weighted by Gasteiger charge is -2.40. The molecule has 0 spiro atoms. The van der Waals surface area contributed by atoms with E-state index in [4.69, 9.17) is 4.52 Å². The number of nitrogens with zero attached hydrogens (tertiary/aromatic N) is 1. The Kier molecular flexibility index (Phi) is 7.37. The van der Waals surface area contributed by atoms with Gasteiger partial charge in [-0.05, 0) is 42.9 Å². The van der Waals surface area contributed by atoms with Crippen LogP contribution in [0, 0.1) is 5.41 Å². The van der Waals surface area contributed by atoms with Gasteiger partial charge in [-0.3, -0.25) is 9.36 Å². The topological polar surface area (TPSA) is 58.6 Å². The summed E-state index contributed by atoms with van der Waals surface area (Å²) < 4.78 is 21.6.